The lowest BCUT2D eigenvalue weighted by Gasteiger charge is -1.86. The van der Waals surface area contributed by atoms with Gasteiger partial charge in [0, 0.05) is 17.6 Å². The standard InChI is InChI=1S/C8H6BrN3S.2CHN/c9-5-1-2-7-6(3-5)12-8(13-7)4-11-10;2*1-2/h1-4H,10H2;2*1H. The van der Waals surface area contributed by atoms with E-state index >= 15 is 0 Å². The van der Waals surface area contributed by atoms with E-state index in [2.05, 4.69) is 39.2 Å². The zero-order valence-corrected chi connectivity index (χ0v) is 11.0. The first-order valence-electron chi connectivity index (χ1n) is 4.10. The second-order valence-electron chi connectivity index (χ2n) is 2.44. The number of hydrogen-bond acceptors (Lipinski definition) is 6. The van der Waals surface area contributed by atoms with E-state index in [1.807, 2.05) is 18.2 Å². The van der Waals surface area contributed by atoms with Crippen LogP contribution in [0.25, 0.3) is 10.2 Å². The molecule has 0 saturated carbocycles. The van der Waals surface area contributed by atoms with Crippen molar-refractivity contribution in [1.82, 2.24) is 4.98 Å². The van der Waals surface area contributed by atoms with Gasteiger partial charge in [0.25, 0.3) is 0 Å². The first-order chi connectivity index (χ1) is 8.29. The van der Waals surface area contributed by atoms with Crippen LogP contribution in [0.5, 0.6) is 0 Å². The van der Waals surface area contributed by atoms with E-state index in [-0.39, 0.29) is 0 Å². The van der Waals surface area contributed by atoms with Crippen molar-refractivity contribution in [3.63, 3.8) is 0 Å². The third-order valence-corrected chi connectivity index (χ3v) is 3.02. The number of nitriles is 2. The molecular weight excluding hydrogens is 302 g/mol. The predicted molar refractivity (Wildman–Crippen MR) is 72.4 cm³/mol. The normalized spacial score (nSPS) is 9.00. The van der Waals surface area contributed by atoms with Gasteiger partial charge in [0.2, 0.25) is 0 Å². The highest BCUT2D eigenvalue weighted by atomic mass is 79.9. The minimum absolute atomic E-state index is 0.829. The number of nitrogens with two attached hydrogens (primary N) is 1. The molecule has 0 aliphatic carbocycles. The van der Waals surface area contributed by atoms with E-state index in [1.165, 1.54) is 0 Å². The van der Waals surface area contributed by atoms with Crippen molar-refractivity contribution in [2.24, 2.45) is 10.9 Å². The van der Waals surface area contributed by atoms with Crippen LogP contribution in [0, 0.1) is 23.7 Å². The summed E-state index contributed by atoms with van der Waals surface area (Å²) in [7, 11) is 0. The molecule has 2 rings (SSSR count). The average molecular weight is 310 g/mol. The molecule has 1 aromatic heterocycles. The fraction of sp³-hybridized carbons (Fsp3) is 0. The molecule has 0 bridgehead atoms. The van der Waals surface area contributed by atoms with Crippen LogP contribution in [0.15, 0.2) is 27.8 Å². The lowest BCUT2D eigenvalue weighted by atomic mass is 10.3. The van der Waals surface area contributed by atoms with Gasteiger partial charge in [-0.3, -0.25) is 0 Å². The van der Waals surface area contributed by atoms with Crippen LogP contribution >= 0.6 is 27.3 Å². The molecule has 0 fully saturated rings. The maximum Gasteiger partial charge on any atom is 0.137 e. The van der Waals surface area contributed by atoms with Crippen LogP contribution in [0.2, 0.25) is 0 Å². The van der Waals surface area contributed by atoms with Gasteiger partial charge >= 0.3 is 0 Å². The van der Waals surface area contributed by atoms with Gasteiger partial charge < -0.3 is 5.84 Å². The number of halogens is 1. The monoisotopic (exact) mass is 309 g/mol. The van der Waals surface area contributed by atoms with E-state index in [4.69, 9.17) is 16.4 Å². The molecule has 7 heteroatoms. The maximum absolute atomic E-state index is 6.50. The van der Waals surface area contributed by atoms with E-state index in [1.54, 1.807) is 17.6 Å². The largest absolute Gasteiger partial charge is 0.323 e. The lowest BCUT2D eigenvalue weighted by molar-refractivity contribution is 1.26. The summed E-state index contributed by atoms with van der Waals surface area (Å²) in [5.41, 5.74) is 0.967. The highest BCUT2D eigenvalue weighted by Gasteiger charge is 2.01. The molecule has 17 heavy (non-hydrogen) atoms. The van der Waals surface area contributed by atoms with Crippen LogP contribution < -0.4 is 5.84 Å². The number of hydrogen-bond donors (Lipinski definition) is 1. The molecule has 1 heterocycles. The third kappa shape index (κ3) is 4.19. The average Bonchev–Trinajstić information content (AvgIpc) is 2.76. The number of benzene rings is 1. The van der Waals surface area contributed by atoms with Gasteiger partial charge in [-0.2, -0.15) is 5.10 Å². The van der Waals surface area contributed by atoms with E-state index < -0.39 is 0 Å². The summed E-state index contributed by atoms with van der Waals surface area (Å²) in [6.45, 7) is 7.00. The smallest absolute Gasteiger partial charge is 0.137 e. The summed E-state index contributed by atoms with van der Waals surface area (Å²) in [6, 6.07) is 5.98. The fourth-order valence-electron chi connectivity index (χ4n) is 1.04. The molecule has 0 aliphatic heterocycles. The number of rotatable bonds is 1. The van der Waals surface area contributed by atoms with Gasteiger partial charge in [-0.05, 0) is 18.2 Å². The van der Waals surface area contributed by atoms with Crippen molar-refractivity contribution in [3.05, 3.63) is 27.7 Å². The van der Waals surface area contributed by atoms with Crippen LogP contribution in [-0.4, -0.2) is 11.2 Å². The van der Waals surface area contributed by atoms with Gasteiger partial charge in [0.05, 0.1) is 16.4 Å². The highest BCUT2D eigenvalue weighted by molar-refractivity contribution is 9.10. The molecule has 0 aliphatic rings. The number of fused-ring (bicyclic) bond motifs is 1. The van der Waals surface area contributed by atoms with Gasteiger partial charge in [-0.15, -0.1) is 11.3 Å². The molecule has 1 aromatic carbocycles. The Kier molecular flexibility index (Phi) is 7.27. The molecular formula is C10H8BrN5S. The second-order valence-corrected chi connectivity index (χ2v) is 4.42. The Morgan fingerprint density at radius 3 is 2.59 bits per heavy atom. The van der Waals surface area contributed by atoms with Crippen LogP contribution in [-0.2, 0) is 0 Å². The summed E-state index contributed by atoms with van der Waals surface area (Å²) in [5, 5.41) is 17.3. The second kappa shape index (κ2) is 8.22. The number of thiazole rings is 1. The number of nitrogens with zero attached hydrogens (tertiary/aromatic N) is 4. The Bertz CT molecular complexity index is 537. The van der Waals surface area contributed by atoms with Crippen LogP contribution in [0.4, 0.5) is 0 Å². The SMILES string of the molecule is C#N.C#N.NN=Cc1nc2cc(Br)ccc2s1. The summed E-state index contributed by atoms with van der Waals surface area (Å²) in [4.78, 5) is 4.32. The summed E-state index contributed by atoms with van der Waals surface area (Å²) in [5.74, 6) is 5.04. The van der Waals surface area contributed by atoms with Gasteiger partial charge in [0.1, 0.15) is 5.01 Å². The summed E-state index contributed by atoms with van der Waals surface area (Å²) in [6.07, 6.45) is 1.55. The molecule has 0 spiro atoms. The van der Waals surface area contributed by atoms with E-state index in [0.29, 0.717) is 0 Å². The summed E-state index contributed by atoms with van der Waals surface area (Å²) < 4.78 is 2.17. The van der Waals surface area contributed by atoms with Crippen molar-refractivity contribution in [2.75, 3.05) is 0 Å². The molecule has 5 nitrogen and oxygen atoms in total. The molecule has 0 atom stereocenters. The molecule has 2 N–H and O–H groups in total. The Morgan fingerprint density at radius 1 is 1.35 bits per heavy atom. The first-order valence-corrected chi connectivity index (χ1v) is 5.71. The lowest BCUT2D eigenvalue weighted by Crippen LogP contribution is -1.83. The van der Waals surface area contributed by atoms with Crippen LogP contribution in [0.3, 0.4) is 0 Å². The number of aromatic nitrogens is 1. The molecule has 86 valence electrons. The minimum Gasteiger partial charge on any atom is -0.323 e. The Labute approximate surface area is 111 Å². The quantitative estimate of drug-likeness (QED) is 0.497. The zero-order valence-electron chi connectivity index (χ0n) is 8.62. The van der Waals surface area contributed by atoms with E-state index in [9.17, 15) is 0 Å². The Morgan fingerprint density at radius 2 is 2.00 bits per heavy atom. The van der Waals surface area contributed by atoms with Gasteiger partial charge in [-0.25, -0.2) is 15.5 Å². The molecule has 0 saturated heterocycles. The molecule has 0 unspecified atom stereocenters. The molecule has 0 amide bonds. The van der Waals surface area contributed by atoms with Gasteiger partial charge in [0.15, 0.2) is 0 Å². The van der Waals surface area contributed by atoms with Crippen molar-refractivity contribution in [1.29, 1.82) is 10.5 Å². The topological polar surface area (TPSA) is 98.8 Å². The minimum atomic E-state index is 0.829. The third-order valence-electron chi connectivity index (χ3n) is 1.55. The Hall–Kier alpha value is -1.96. The zero-order chi connectivity index (χ0) is 13.3. The van der Waals surface area contributed by atoms with Crippen molar-refractivity contribution in [2.45, 2.75) is 0 Å². The fourth-order valence-corrected chi connectivity index (χ4v) is 2.21. The highest BCUT2D eigenvalue weighted by Crippen LogP contribution is 2.24. The Balaban J connectivity index is 0.000000581. The molecule has 0 radical (unpaired) electrons. The first kappa shape index (κ1) is 15.0. The van der Waals surface area contributed by atoms with Crippen molar-refractivity contribution in [3.8, 4) is 13.1 Å². The predicted octanol–water partition coefficient (Wildman–Crippen LogP) is 2.63. The van der Waals surface area contributed by atoms with Gasteiger partial charge in [-0.1, -0.05) is 15.9 Å². The number of hydrazone groups is 1. The molecule has 2 aromatic rings. The van der Waals surface area contributed by atoms with Crippen molar-refractivity contribution >= 4 is 43.7 Å². The van der Waals surface area contributed by atoms with Crippen molar-refractivity contribution < 1.29 is 0 Å². The maximum atomic E-state index is 6.50. The van der Waals surface area contributed by atoms with Crippen LogP contribution in [0.1, 0.15) is 5.01 Å². The van der Waals surface area contributed by atoms with E-state index in [0.717, 1.165) is 19.7 Å². The summed E-state index contributed by atoms with van der Waals surface area (Å²) >= 11 is 4.96.